The number of rotatable bonds is 6. The molecule has 0 saturated carbocycles. The van der Waals surface area contributed by atoms with Crippen molar-refractivity contribution in [3.63, 3.8) is 0 Å². The van der Waals surface area contributed by atoms with Crippen molar-refractivity contribution in [1.29, 1.82) is 0 Å². The molecule has 2 rings (SSSR count). The molecule has 1 unspecified atom stereocenters. The van der Waals surface area contributed by atoms with Gasteiger partial charge in [-0.2, -0.15) is 8.78 Å². The van der Waals surface area contributed by atoms with E-state index in [2.05, 4.69) is 10.1 Å². The molecular formula is C16H17F2NO2. The largest absolute Gasteiger partial charge is 0.434 e. The second-order valence-electron chi connectivity index (χ2n) is 4.86. The van der Waals surface area contributed by atoms with Crippen LogP contribution in [0.5, 0.6) is 5.75 Å². The SMILES string of the molecule is CC(CO)(Nc1ccccc1)c1ccccc1OC(F)F. The number of ether oxygens (including phenoxy) is 1. The van der Waals surface area contributed by atoms with Crippen LogP contribution in [-0.2, 0) is 5.54 Å². The van der Waals surface area contributed by atoms with Gasteiger partial charge in [0.25, 0.3) is 0 Å². The maximum atomic E-state index is 12.5. The van der Waals surface area contributed by atoms with Crippen LogP contribution in [0.15, 0.2) is 54.6 Å². The van der Waals surface area contributed by atoms with E-state index in [1.807, 2.05) is 30.3 Å². The molecule has 0 aliphatic rings. The first-order chi connectivity index (χ1) is 10.0. The van der Waals surface area contributed by atoms with Crippen molar-refractivity contribution in [2.24, 2.45) is 0 Å². The standard InChI is InChI=1S/C16H17F2NO2/c1-16(11-20,19-12-7-3-2-4-8-12)13-9-5-6-10-14(13)21-15(17)18/h2-10,15,19-20H,11H2,1H3. The molecule has 2 N–H and O–H groups in total. The van der Waals surface area contributed by atoms with Crippen molar-refractivity contribution in [2.45, 2.75) is 19.1 Å². The molecule has 0 spiro atoms. The zero-order valence-electron chi connectivity index (χ0n) is 11.6. The zero-order valence-corrected chi connectivity index (χ0v) is 11.6. The first-order valence-corrected chi connectivity index (χ1v) is 6.53. The van der Waals surface area contributed by atoms with E-state index in [-0.39, 0.29) is 12.4 Å². The first kappa shape index (κ1) is 15.3. The van der Waals surface area contributed by atoms with E-state index < -0.39 is 12.2 Å². The quantitative estimate of drug-likeness (QED) is 0.855. The van der Waals surface area contributed by atoms with Crippen LogP contribution in [0, 0.1) is 0 Å². The van der Waals surface area contributed by atoms with E-state index in [4.69, 9.17) is 0 Å². The van der Waals surface area contributed by atoms with Gasteiger partial charge in [0, 0.05) is 11.3 Å². The van der Waals surface area contributed by atoms with Gasteiger partial charge in [0.2, 0.25) is 0 Å². The molecule has 21 heavy (non-hydrogen) atoms. The van der Waals surface area contributed by atoms with Crippen molar-refractivity contribution < 1.29 is 18.6 Å². The number of nitrogens with one attached hydrogen (secondary N) is 1. The minimum Gasteiger partial charge on any atom is -0.434 e. The molecule has 3 nitrogen and oxygen atoms in total. The molecule has 0 saturated heterocycles. The second kappa shape index (κ2) is 6.54. The Kier molecular flexibility index (Phi) is 4.75. The molecule has 0 heterocycles. The van der Waals surface area contributed by atoms with Crippen LogP contribution in [0.25, 0.3) is 0 Å². The molecule has 0 amide bonds. The van der Waals surface area contributed by atoms with Gasteiger partial charge in [-0.15, -0.1) is 0 Å². The summed E-state index contributed by atoms with van der Waals surface area (Å²) in [5.41, 5.74) is 0.310. The summed E-state index contributed by atoms with van der Waals surface area (Å²) >= 11 is 0. The molecular weight excluding hydrogens is 276 g/mol. The topological polar surface area (TPSA) is 41.5 Å². The highest BCUT2D eigenvalue weighted by molar-refractivity contribution is 5.50. The second-order valence-corrected chi connectivity index (χ2v) is 4.86. The van der Waals surface area contributed by atoms with Gasteiger partial charge < -0.3 is 15.2 Å². The Balaban J connectivity index is 2.36. The van der Waals surface area contributed by atoms with Crippen molar-refractivity contribution >= 4 is 5.69 Å². The predicted octanol–water partition coefficient (Wildman–Crippen LogP) is 3.61. The van der Waals surface area contributed by atoms with Gasteiger partial charge in [0.1, 0.15) is 5.75 Å². The summed E-state index contributed by atoms with van der Waals surface area (Å²) in [6, 6.07) is 15.7. The van der Waals surface area contributed by atoms with Crippen molar-refractivity contribution in [2.75, 3.05) is 11.9 Å². The molecule has 0 aliphatic heterocycles. The third-order valence-corrected chi connectivity index (χ3v) is 3.21. The molecule has 2 aromatic rings. The summed E-state index contributed by atoms with van der Waals surface area (Å²) in [5, 5.41) is 12.9. The fourth-order valence-corrected chi connectivity index (χ4v) is 2.15. The maximum absolute atomic E-state index is 12.5. The fraction of sp³-hybridized carbons (Fsp3) is 0.250. The van der Waals surface area contributed by atoms with Crippen LogP contribution >= 0.6 is 0 Å². The van der Waals surface area contributed by atoms with Gasteiger partial charge in [-0.1, -0.05) is 36.4 Å². The third kappa shape index (κ3) is 3.70. The van der Waals surface area contributed by atoms with E-state index in [0.717, 1.165) is 5.69 Å². The Hall–Kier alpha value is -2.14. The molecule has 0 fully saturated rings. The van der Waals surface area contributed by atoms with Gasteiger partial charge >= 0.3 is 6.61 Å². The highest BCUT2D eigenvalue weighted by atomic mass is 19.3. The maximum Gasteiger partial charge on any atom is 0.387 e. The summed E-state index contributed by atoms with van der Waals surface area (Å²) < 4.78 is 29.6. The normalized spacial score (nSPS) is 13.8. The Labute approximate surface area is 122 Å². The lowest BCUT2D eigenvalue weighted by Gasteiger charge is -2.32. The lowest BCUT2D eigenvalue weighted by Crippen LogP contribution is -2.36. The zero-order chi connectivity index (χ0) is 15.3. The number of aliphatic hydroxyl groups excluding tert-OH is 1. The number of para-hydroxylation sites is 2. The first-order valence-electron chi connectivity index (χ1n) is 6.53. The summed E-state index contributed by atoms with van der Waals surface area (Å²) in [4.78, 5) is 0. The van der Waals surface area contributed by atoms with E-state index in [9.17, 15) is 13.9 Å². The van der Waals surface area contributed by atoms with Crippen molar-refractivity contribution in [1.82, 2.24) is 0 Å². The number of benzene rings is 2. The highest BCUT2D eigenvalue weighted by Crippen LogP contribution is 2.33. The molecule has 0 bridgehead atoms. The predicted molar refractivity (Wildman–Crippen MR) is 77.6 cm³/mol. The molecule has 112 valence electrons. The summed E-state index contributed by atoms with van der Waals surface area (Å²) in [5.74, 6) is 0.0486. The van der Waals surface area contributed by atoms with Crippen LogP contribution in [0.2, 0.25) is 0 Å². The smallest absolute Gasteiger partial charge is 0.387 e. The average Bonchev–Trinajstić information content (AvgIpc) is 2.48. The number of hydrogen-bond donors (Lipinski definition) is 2. The Morgan fingerprint density at radius 3 is 2.33 bits per heavy atom. The molecule has 0 radical (unpaired) electrons. The van der Waals surface area contributed by atoms with Crippen LogP contribution < -0.4 is 10.1 Å². The van der Waals surface area contributed by atoms with Crippen LogP contribution in [0.1, 0.15) is 12.5 Å². The summed E-state index contributed by atoms with van der Waals surface area (Å²) in [7, 11) is 0. The van der Waals surface area contributed by atoms with Crippen LogP contribution in [0.3, 0.4) is 0 Å². The Morgan fingerprint density at radius 2 is 1.71 bits per heavy atom. The van der Waals surface area contributed by atoms with Crippen molar-refractivity contribution in [3.8, 4) is 5.75 Å². The molecule has 1 atom stereocenters. The minimum atomic E-state index is -2.91. The van der Waals surface area contributed by atoms with E-state index in [0.29, 0.717) is 5.56 Å². The van der Waals surface area contributed by atoms with E-state index >= 15 is 0 Å². The Morgan fingerprint density at radius 1 is 1.10 bits per heavy atom. The van der Waals surface area contributed by atoms with Gasteiger partial charge in [0.05, 0.1) is 12.1 Å². The minimum absolute atomic E-state index is 0.0486. The number of hydrogen-bond acceptors (Lipinski definition) is 3. The Bertz CT molecular complexity index is 577. The molecule has 0 aliphatic carbocycles. The van der Waals surface area contributed by atoms with Gasteiger partial charge in [-0.05, 0) is 25.1 Å². The van der Waals surface area contributed by atoms with Gasteiger partial charge in [-0.3, -0.25) is 0 Å². The van der Waals surface area contributed by atoms with Gasteiger partial charge in [-0.25, -0.2) is 0 Å². The lowest BCUT2D eigenvalue weighted by molar-refractivity contribution is -0.0511. The average molecular weight is 293 g/mol. The monoisotopic (exact) mass is 293 g/mol. The highest BCUT2D eigenvalue weighted by Gasteiger charge is 2.29. The third-order valence-electron chi connectivity index (χ3n) is 3.21. The van der Waals surface area contributed by atoms with Gasteiger partial charge in [0.15, 0.2) is 0 Å². The van der Waals surface area contributed by atoms with E-state index in [1.54, 1.807) is 25.1 Å². The fourth-order valence-electron chi connectivity index (χ4n) is 2.15. The summed E-state index contributed by atoms with van der Waals surface area (Å²) in [6.07, 6.45) is 0. The number of aliphatic hydroxyl groups is 1. The molecule has 2 aromatic carbocycles. The van der Waals surface area contributed by atoms with Crippen LogP contribution in [-0.4, -0.2) is 18.3 Å². The van der Waals surface area contributed by atoms with Crippen molar-refractivity contribution in [3.05, 3.63) is 60.2 Å². The number of alkyl halides is 2. The molecule has 5 heteroatoms. The number of anilines is 1. The molecule has 0 aromatic heterocycles. The van der Waals surface area contributed by atoms with E-state index in [1.165, 1.54) is 6.07 Å². The lowest BCUT2D eigenvalue weighted by atomic mass is 9.91. The van der Waals surface area contributed by atoms with Crippen LogP contribution in [0.4, 0.5) is 14.5 Å². The number of halogens is 2. The summed E-state index contributed by atoms with van der Waals surface area (Å²) in [6.45, 7) is -1.45.